The Kier molecular flexibility index (Phi) is 5.08. The molecule has 0 aromatic heterocycles. The minimum absolute atomic E-state index is 0.114. The van der Waals surface area contributed by atoms with Crippen molar-refractivity contribution >= 4 is 17.6 Å². The van der Waals surface area contributed by atoms with Crippen LogP contribution >= 0.6 is 11.6 Å². The Balaban J connectivity index is 1.92. The van der Waals surface area contributed by atoms with E-state index in [1.165, 1.54) is 44.6 Å². The van der Waals surface area contributed by atoms with E-state index >= 15 is 0 Å². The van der Waals surface area contributed by atoms with E-state index in [0.29, 0.717) is 18.3 Å². The Bertz CT molecular complexity index is 437. The Labute approximate surface area is 118 Å². The quantitative estimate of drug-likeness (QED) is 0.833. The summed E-state index contributed by atoms with van der Waals surface area (Å²) in [5.74, 6) is 0.250. The highest BCUT2D eigenvalue weighted by Crippen LogP contribution is 2.26. The molecule has 0 atom stereocenters. The van der Waals surface area contributed by atoms with Gasteiger partial charge in [0, 0.05) is 0 Å². The van der Waals surface area contributed by atoms with E-state index in [1.54, 1.807) is 12.1 Å². The standard InChI is InChI=1S/C15H19ClO3/c16-14-9-12(7-8-13(14)15(17)18)19-10-11-5-3-1-2-4-6-11/h7-9,11H,1-6,10H2,(H,17,18). The van der Waals surface area contributed by atoms with Crippen molar-refractivity contribution in [3.8, 4) is 5.75 Å². The summed E-state index contributed by atoms with van der Waals surface area (Å²) in [6.07, 6.45) is 7.67. The molecule has 0 radical (unpaired) electrons. The fourth-order valence-corrected chi connectivity index (χ4v) is 2.76. The maximum atomic E-state index is 10.9. The molecule has 0 saturated heterocycles. The molecule has 1 aliphatic carbocycles. The molecule has 1 aromatic rings. The van der Waals surface area contributed by atoms with Crippen molar-refractivity contribution in [2.45, 2.75) is 38.5 Å². The zero-order chi connectivity index (χ0) is 13.7. The van der Waals surface area contributed by atoms with Crippen molar-refractivity contribution in [3.05, 3.63) is 28.8 Å². The molecule has 0 unspecified atom stereocenters. The van der Waals surface area contributed by atoms with Gasteiger partial charge in [0.1, 0.15) is 5.75 Å². The lowest BCUT2D eigenvalue weighted by Crippen LogP contribution is -2.11. The van der Waals surface area contributed by atoms with Crippen molar-refractivity contribution < 1.29 is 14.6 Å². The van der Waals surface area contributed by atoms with Crippen LogP contribution < -0.4 is 4.74 Å². The van der Waals surface area contributed by atoms with Gasteiger partial charge in [-0.3, -0.25) is 0 Å². The minimum Gasteiger partial charge on any atom is -0.493 e. The number of hydrogen-bond donors (Lipinski definition) is 1. The van der Waals surface area contributed by atoms with Crippen molar-refractivity contribution in [1.29, 1.82) is 0 Å². The van der Waals surface area contributed by atoms with Gasteiger partial charge < -0.3 is 9.84 Å². The van der Waals surface area contributed by atoms with E-state index in [4.69, 9.17) is 21.4 Å². The van der Waals surface area contributed by atoms with Crippen LogP contribution in [0.4, 0.5) is 0 Å². The van der Waals surface area contributed by atoms with Crippen molar-refractivity contribution in [2.75, 3.05) is 6.61 Å². The second-order valence-electron chi connectivity index (χ2n) is 5.12. The first kappa shape index (κ1) is 14.2. The molecule has 0 bridgehead atoms. The van der Waals surface area contributed by atoms with E-state index in [9.17, 15) is 4.79 Å². The zero-order valence-electron chi connectivity index (χ0n) is 10.9. The Morgan fingerprint density at radius 2 is 1.95 bits per heavy atom. The summed E-state index contributed by atoms with van der Waals surface area (Å²) in [6.45, 7) is 0.697. The minimum atomic E-state index is -1.01. The molecule has 1 aliphatic rings. The number of hydrogen-bond acceptors (Lipinski definition) is 2. The van der Waals surface area contributed by atoms with E-state index in [1.807, 2.05) is 0 Å². The lowest BCUT2D eigenvalue weighted by atomic mass is 10.0. The molecule has 0 heterocycles. The van der Waals surface area contributed by atoms with Gasteiger partial charge in [0.15, 0.2) is 0 Å². The van der Waals surface area contributed by atoms with Crippen molar-refractivity contribution in [3.63, 3.8) is 0 Å². The lowest BCUT2D eigenvalue weighted by molar-refractivity contribution is 0.0697. The van der Waals surface area contributed by atoms with Gasteiger partial charge >= 0.3 is 5.97 Å². The number of carboxylic acids is 1. The smallest absolute Gasteiger partial charge is 0.337 e. The summed E-state index contributed by atoms with van der Waals surface area (Å²) in [5.41, 5.74) is 0.114. The van der Waals surface area contributed by atoms with Gasteiger partial charge in [-0.15, -0.1) is 0 Å². The van der Waals surface area contributed by atoms with Crippen molar-refractivity contribution in [2.24, 2.45) is 5.92 Å². The number of halogens is 1. The maximum Gasteiger partial charge on any atom is 0.337 e. The number of ether oxygens (including phenoxy) is 1. The molecular weight excluding hydrogens is 264 g/mol. The first-order valence-corrected chi connectivity index (χ1v) is 7.20. The number of benzene rings is 1. The second kappa shape index (κ2) is 6.80. The molecule has 0 spiro atoms. The number of aromatic carboxylic acids is 1. The zero-order valence-corrected chi connectivity index (χ0v) is 11.7. The highest BCUT2D eigenvalue weighted by atomic mass is 35.5. The largest absolute Gasteiger partial charge is 0.493 e. The topological polar surface area (TPSA) is 46.5 Å². The molecule has 1 N–H and O–H groups in total. The average molecular weight is 283 g/mol. The normalized spacial score (nSPS) is 16.9. The van der Waals surface area contributed by atoms with Crippen LogP contribution in [-0.4, -0.2) is 17.7 Å². The fourth-order valence-electron chi connectivity index (χ4n) is 2.50. The first-order valence-electron chi connectivity index (χ1n) is 6.82. The lowest BCUT2D eigenvalue weighted by Gasteiger charge is -2.15. The van der Waals surface area contributed by atoms with Gasteiger partial charge in [0.05, 0.1) is 17.2 Å². The third kappa shape index (κ3) is 4.13. The van der Waals surface area contributed by atoms with Gasteiger partial charge in [-0.2, -0.15) is 0 Å². The molecule has 1 saturated carbocycles. The Morgan fingerprint density at radius 1 is 1.26 bits per heavy atom. The fraction of sp³-hybridized carbons (Fsp3) is 0.533. The third-order valence-electron chi connectivity index (χ3n) is 3.63. The Hall–Kier alpha value is -1.22. The predicted octanol–water partition coefficient (Wildman–Crippen LogP) is 4.39. The number of carboxylic acid groups (broad SMARTS) is 1. The van der Waals surface area contributed by atoms with Gasteiger partial charge in [0.2, 0.25) is 0 Å². The Morgan fingerprint density at radius 3 is 2.53 bits per heavy atom. The van der Waals surface area contributed by atoms with Crippen LogP contribution in [0, 0.1) is 5.92 Å². The second-order valence-corrected chi connectivity index (χ2v) is 5.52. The molecule has 0 amide bonds. The van der Waals surface area contributed by atoms with Gasteiger partial charge in [-0.05, 0) is 37.0 Å². The molecule has 1 fully saturated rings. The first-order chi connectivity index (χ1) is 9.16. The molecule has 4 heteroatoms. The van der Waals surface area contributed by atoms with Gasteiger partial charge in [-0.1, -0.05) is 37.3 Å². The molecule has 1 aromatic carbocycles. The number of rotatable bonds is 4. The van der Waals surface area contributed by atoms with E-state index in [-0.39, 0.29) is 10.6 Å². The SMILES string of the molecule is O=C(O)c1ccc(OCC2CCCCCC2)cc1Cl. The van der Waals surface area contributed by atoms with E-state index in [2.05, 4.69) is 0 Å². The van der Waals surface area contributed by atoms with Gasteiger partial charge in [-0.25, -0.2) is 4.79 Å². The molecule has 104 valence electrons. The van der Waals surface area contributed by atoms with E-state index in [0.717, 1.165) is 0 Å². The summed E-state index contributed by atoms with van der Waals surface area (Å²) in [7, 11) is 0. The van der Waals surface area contributed by atoms with Crippen LogP contribution in [0.3, 0.4) is 0 Å². The van der Waals surface area contributed by atoms with Crippen LogP contribution in [0.2, 0.25) is 5.02 Å². The van der Waals surface area contributed by atoms with Crippen LogP contribution in [0.1, 0.15) is 48.9 Å². The van der Waals surface area contributed by atoms with Crippen molar-refractivity contribution in [1.82, 2.24) is 0 Å². The third-order valence-corrected chi connectivity index (χ3v) is 3.94. The molecule has 19 heavy (non-hydrogen) atoms. The highest BCUT2D eigenvalue weighted by molar-refractivity contribution is 6.33. The van der Waals surface area contributed by atoms with Gasteiger partial charge in [0.25, 0.3) is 0 Å². The summed E-state index contributed by atoms with van der Waals surface area (Å²) in [5, 5.41) is 9.12. The summed E-state index contributed by atoms with van der Waals surface area (Å²) in [6, 6.07) is 4.75. The molecule has 0 aliphatic heterocycles. The van der Waals surface area contributed by atoms with Crippen LogP contribution in [-0.2, 0) is 0 Å². The van der Waals surface area contributed by atoms with Crippen LogP contribution in [0.25, 0.3) is 0 Å². The monoisotopic (exact) mass is 282 g/mol. The summed E-state index contributed by atoms with van der Waals surface area (Å²) < 4.78 is 5.74. The van der Waals surface area contributed by atoms with Crippen LogP contribution in [0.5, 0.6) is 5.75 Å². The average Bonchev–Trinajstić information content (AvgIpc) is 2.64. The van der Waals surface area contributed by atoms with Crippen LogP contribution in [0.15, 0.2) is 18.2 Å². The predicted molar refractivity (Wildman–Crippen MR) is 75.1 cm³/mol. The highest BCUT2D eigenvalue weighted by Gasteiger charge is 2.14. The maximum absolute atomic E-state index is 10.9. The summed E-state index contributed by atoms with van der Waals surface area (Å²) in [4.78, 5) is 10.9. The molecule has 3 nitrogen and oxygen atoms in total. The summed E-state index contributed by atoms with van der Waals surface area (Å²) >= 11 is 5.91. The molecular formula is C15H19ClO3. The molecule has 2 rings (SSSR count). The van der Waals surface area contributed by atoms with E-state index < -0.39 is 5.97 Å². The number of carbonyl (C=O) groups is 1.